The molecule has 0 saturated carbocycles. The Bertz CT molecular complexity index is 418. The predicted molar refractivity (Wildman–Crippen MR) is 67.3 cm³/mol. The molecule has 0 aliphatic rings. The molecule has 0 atom stereocenters. The van der Waals surface area contributed by atoms with Crippen LogP contribution in [0.3, 0.4) is 0 Å². The second-order valence-electron chi connectivity index (χ2n) is 3.48. The van der Waals surface area contributed by atoms with Gasteiger partial charge < -0.3 is 9.64 Å². The average Bonchev–Trinajstić information content (AvgIpc) is 2.29. The van der Waals surface area contributed by atoms with Gasteiger partial charge >= 0.3 is 5.97 Å². The number of nitrogens with zero attached hydrogens (tertiary/aromatic N) is 1. The summed E-state index contributed by atoms with van der Waals surface area (Å²) in [5.74, 6) is -0.401. The number of carbonyl (C=O) groups is 2. The van der Waals surface area contributed by atoms with Crippen molar-refractivity contribution in [3.05, 3.63) is 29.8 Å². The Morgan fingerprint density at radius 1 is 1.29 bits per heavy atom. The van der Waals surface area contributed by atoms with E-state index in [-0.39, 0.29) is 5.24 Å². The molecule has 92 valence electrons. The first-order valence-electron chi connectivity index (χ1n) is 5.21. The van der Waals surface area contributed by atoms with E-state index in [9.17, 15) is 9.59 Å². The summed E-state index contributed by atoms with van der Waals surface area (Å²) >= 11 is 1.02. The van der Waals surface area contributed by atoms with Crippen LogP contribution in [-0.2, 0) is 4.74 Å². The second-order valence-corrected chi connectivity index (χ2v) is 4.47. The van der Waals surface area contributed by atoms with Gasteiger partial charge in [-0.15, -0.1) is 0 Å². The molecule has 0 N–H and O–H groups in total. The molecule has 1 amide bonds. The van der Waals surface area contributed by atoms with Gasteiger partial charge in [-0.05, 0) is 30.8 Å². The van der Waals surface area contributed by atoms with Crippen LogP contribution in [0.15, 0.2) is 29.2 Å². The minimum absolute atomic E-state index is 0.123. The number of hydrogen-bond donors (Lipinski definition) is 0. The molecule has 0 heterocycles. The van der Waals surface area contributed by atoms with Crippen molar-refractivity contribution in [1.29, 1.82) is 0 Å². The van der Waals surface area contributed by atoms with Gasteiger partial charge in [-0.2, -0.15) is 0 Å². The first-order valence-corrected chi connectivity index (χ1v) is 6.03. The number of rotatable bonds is 3. The van der Waals surface area contributed by atoms with Crippen LogP contribution >= 0.6 is 11.8 Å². The highest BCUT2D eigenvalue weighted by molar-refractivity contribution is 8.13. The second kappa shape index (κ2) is 6.30. The lowest BCUT2D eigenvalue weighted by molar-refractivity contribution is 0.0522. The fourth-order valence-electron chi connectivity index (χ4n) is 1.12. The van der Waals surface area contributed by atoms with Gasteiger partial charge in [-0.25, -0.2) is 4.79 Å². The van der Waals surface area contributed by atoms with Crippen LogP contribution in [0.25, 0.3) is 0 Å². The molecule has 1 rings (SSSR count). The van der Waals surface area contributed by atoms with E-state index in [1.54, 1.807) is 45.3 Å². The lowest BCUT2D eigenvalue weighted by Gasteiger charge is -2.11. The van der Waals surface area contributed by atoms with Crippen LogP contribution in [0, 0.1) is 0 Å². The van der Waals surface area contributed by atoms with Crippen LogP contribution in [0.4, 0.5) is 4.79 Å². The fraction of sp³-hybridized carbons (Fsp3) is 0.333. The quantitative estimate of drug-likeness (QED) is 0.613. The first kappa shape index (κ1) is 13.6. The van der Waals surface area contributed by atoms with Crippen molar-refractivity contribution in [3.63, 3.8) is 0 Å². The van der Waals surface area contributed by atoms with Crippen LogP contribution in [0.1, 0.15) is 17.3 Å². The highest BCUT2D eigenvalue weighted by Crippen LogP contribution is 2.25. The molecule has 0 saturated heterocycles. The van der Waals surface area contributed by atoms with E-state index in [0.29, 0.717) is 17.1 Å². The molecule has 0 aliphatic carbocycles. The lowest BCUT2D eigenvalue weighted by Crippen LogP contribution is -2.17. The summed E-state index contributed by atoms with van der Waals surface area (Å²) in [6.45, 7) is 2.07. The van der Waals surface area contributed by atoms with E-state index in [0.717, 1.165) is 11.8 Å². The van der Waals surface area contributed by atoms with E-state index in [2.05, 4.69) is 0 Å². The highest BCUT2D eigenvalue weighted by atomic mass is 32.2. The number of amides is 1. The predicted octanol–water partition coefficient (Wildman–Crippen LogP) is 2.64. The van der Waals surface area contributed by atoms with Crippen LogP contribution in [0.2, 0.25) is 0 Å². The molecule has 0 spiro atoms. The topological polar surface area (TPSA) is 46.6 Å². The van der Waals surface area contributed by atoms with Gasteiger partial charge in [0.25, 0.3) is 5.24 Å². The maximum Gasteiger partial charge on any atom is 0.339 e. The number of benzene rings is 1. The molecular formula is C12H15NO3S. The monoisotopic (exact) mass is 253 g/mol. The molecule has 0 bridgehead atoms. The van der Waals surface area contributed by atoms with Crippen molar-refractivity contribution in [2.24, 2.45) is 0 Å². The van der Waals surface area contributed by atoms with Crippen molar-refractivity contribution < 1.29 is 14.3 Å². The van der Waals surface area contributed by atoms with Gasteiger partial charge in [0.1, 0.15) is 0 Å². The van der Waals surface area contributed by atoms with Gasteiger partial charge in [0, 0.05) is 19.0 Å². The van der Waals surface area contributed by atoms with Gasteiger partial charge in [0.05, 0.1) is 12.2 Å². The van der Waals surface area contributed by atoms with Gasteiger partial charge in [0.15, 0.2) is 0 Å². The summed E-state index contributed by atoms with van der Waals surface area (Å²) in [6, 6.07) is 6.92. The Morgan fingerprint density at radius 2 is 1.94 bits per heavy atom. The smallest absolute Gasteiger partial charge is 0.339 e. The number of carbonyl (C=O) groups excluding carboxylic acids is 2. The zero-order valence-corrected chi connectivity index (χ0v) is 10.9. The molecule has 1 aromatic carbocycles. The first-order chi connectivity index (χ1) is 8.06. The summed E-state index contributed by atoms with van der Waals surface area (Å²) in [5.41, 5.74) is 0.426. The van der Waals surface area contributed by atoms with E-state index in [4.69, 9.17) is 4.74 Å². The van der Waals surface area contributed by atoms with Crippen molar-refractivity contribution in [2.45, 2.75) is 11.8 Å². The maximum atomic E-state index is 11.7. The molecule has 1 aromatic rings. The average molecular weight is 253 g/mol. The molecule has 4 nitrogen and oxygen atoms in total. The Hall–Kier alpha value is -1.49. The van der Waals surface area contributed by atoms with E-state index < -0.39 is 5.97 Å². The zero-order chi connectivity index (χ0) is 12.8. The standard InChI is InChI=1S/C12H15NO3S/c1-4-16-11(14)9-7-5-6-8-10(9)17-12(15)13(2)3/h5-8H,4H2,1-3H3. The molecule has 17 heavy (non-hydrogen) atoms. The molecule has 0 aliphatic heterocycles. The van der Waals surface area contributed by atoms with Crippen LogP contribution < -0.4 is 0 Å². The normalized spacial score (nSPS) is 9.82. The Balaban J connectivity index is 2.92. The molecule has 0 radical (unpaired) electrons. The highest BCUT2D eigenvalue weighted by Gasteiger charge is 2.15. The van der Waals surface area contributed by atoms with Gasteiger partial charge in [0.2, 0.25) is 0 Å². The number of ether oxygens (including phenoxy) is 1. The fourth-order valence-corrected chi connectivity index (χ4v) is 1.90. The Labute approximate surface area is 105 Å². The minimum atomic E-state index is -0.401. The molecule has 0 unspecified atom stereocenters. The zero-order valence-electron chi connectivity index (χ0n) is 10.1. The summed E-state index contributed by atoms with van der Waals surface area (Å²) in [4.78, 5) is 25.3. The minimum Gasteiger partial charge on any atom is -0.462 e. The lowest BCUT2D eigenvalue weighted by atomic mass is 10.2. The van der Waals surface area contributed by atoms with Crippen LogP contribution in [0.5, 0.6) is 0 Å². The number of hydrogen-bond acceptors (Lipinski definition) is 4. The van der Waals surface area contributed by atoms with Crippen molar-refractivity contribution in [1.82, 2.24) is 4.90 Å². The molecular weight excluding hydrogens is 238 g/mol. The number of thioether (sulfide) groups is 1. The summed E-state index contributed by atoms with van der Waals surface area (Å²) in [5, 5.41) is -0.123. The number of esters is 1. The van der Waals surface area contributed by atoms with Crippen molar-refractivity contribution >= 4 is 23.0 Å². The van der Waals surface area contributed by atoms with E-state index in [1.165, 1.54) is 4.90 Å². The Morgan fingerprint density at radius 3 is 2.53 bits per heavy atom. The third-order valence-electron chi connectivity index (χ3n) is 1.94. The molecule has 0 aromatic heterocycles. The van der Waals surface area contributed by atoms with Gasteiger partial charge in [-0.3, -0.25) is 4.79 Å². The SMILES string of the molecule is CCOC(=O)c1ccccc1SC(=O)N(C)C. The summed E-state index contributed by atoms with van der Waals surface area (Å²) < 4.78 is 4.93. The third kappa shape index (κ3) is 3.78. The summed E-state index contributed by atoms with van der Waals surface area (Å²) in [6.07, 6.45) is 0. The summed E-state index contributed by atoms with van der Waals surface area (Å²) in [7, 11) is 3.34. The van der Waals surface area contributed by atoms with Crippen molar-refractivity contribution in [2.75, 3.05) is 20.7 Å². The largest absolute Gasteiger partial charge is 0.462 e. The molecule has 0 fully saturated rings. The van der Waals surface area contributed by atoms with E-state index >= 15 is 0 Å². The van der Waals surface area contributed by atoms with Crippen molar-refractivity contribution in [3.8, 4) is 0 Å². The van der Waals surface area contributed by atoms with Crippen LogP contribution in [-0.4, -0.2) is 36.8 Å². The van der Waals surface area contributed by atoms with Gasteiger partial charge in [-0.1, -0.05) is 12.1 Å². The Kier molecular flexibility index (Phi) is 5.03. The third-order valence-corrected chi connectivity index (χ3v) is 3.06. The van der Waals surface area contributed by atoms with E-state index in [1.807, 2.05) is 0 Å². The molecule has 5 heteroatoms. The maximum absolute atomic E-state index is 11.7.